The second-order valence-electron chi connectivity index (χ2n) is 5.16. The number of anilines is 1. The summed E-state index contributed by atoms with van der Waals surface area (Å²) < 4.78 is 33.5. The fourth-order valence-corrected chi connectivity index (χ4v) is 4.05. The monoisotopic (exact) mass is 391 g/mol. The minimum absolute atomic E-state index is 0.0871. The lowest BCUT2D eigenvalue weighted by molar-refractivity contribution is -0.114. The van der Waals surface area contributed by atoms with Crippen LogP contribution in [0, 0.1) is 0 Å². The van der Waals surface area contributed by atoms with E-state index in [4.69, 9.17) is 4.42 Å². The summed E-state index contributed by atoms with van der Waals surface area (Å²) in [7, 11) is -4.06. The number of nitrogens with zero attached hydrogens (tertiary/aromatic N) is 1. The van der Waals surface area contributed by atoms with Gasteiger partial charge in [-0.05, 0) is 48.2 Å². The van der Waals surface area contributed by atoms with E-state index in [0.717, 1.165) is 11.8 Å². The lowest BCUT2D eigenvalue weighted by Crippen LogP contribution is -2.19. The Bertz CT molecular complexity index is 1010. The summed E-state index contributed by atoms with van der Waals surface area (Å²) in [4.78, 5) is 22.9. The molecule has 0 atom stereocenters. The fraction of sp³-hybridized carbons (Fsp3) is 0.0625. The number of nitrogens with one attached hydrogen (secondary N) is 2. The summed E-state index contributed by atoms with van der Waals surface area (Å²) in [5.74, 6) is -0.354. The van der Waals surface area contributed by atoms with E-state index in [2.05, 4.69) is 15.0 Å². The van der Waals surface area contributed by atoms with Crippen LogP contribution in [0.2, 0.25) is 0 Å². The van der Waals surface area contributed by atoms with E-state index in [1.165, 1.54) is 37.5 Å². The average molecular weight is 391 g/mol. The molecule has 0 aliphatic carbocycles. The van der Waals surface area contributed by atoms with E-state index in [0.29, 0.717) is 16.5 Å². The first-order valence-electron chi connectivity index (χ1n) is 7.30. The fourth-order valence-electron chi connectivity index (χ4n) is 2.04. The maximum atomic E-state index is 12.4. The molecular weight excluding hydrogens is 378 g/mol. The third kappa shape index (κ3) is 4.21. The van der Waals surface area contributed by atoms with Gasteiger partial charge in [0.2, 0.25) is 5.91 Å². The smallest absolute Gasteiger partial charge is 0.283 e. The first-order valence-corrected chi connectivity index (χ1v) is 9.56. The van der Waals surface area contributed by atoms with Crippen molar-refractivity contribution in [3.05, 3.63) is 53.5 Å². The standard InChI is InChI=1S/C16H13N3O5S2/c1-10(20)17-11-4-6-13(7-5-11)26(22,23)19-16-15(21)18-14(25-16)9-12-3-2-8-24-12/h2-9H,1H3,(H,17,20)(H,18,21)/b14-9+,19-16+. The van der Waals surface area contributed by atoms with Gasteiger partial charge in [0, 0.05) is 18.7 Å². The van der Waals surface area contributed by atoms with Crippen LogP contribution in [0.3, 0.4) is 0 Å². The molecule has 0 saturated carbocycles. The largest absolute Gasteiger partial charge is 0.465 e. The number of rotatable bonds is 4. The Kier molecular flexibility index (Phi) is 4.96. The van der Waals surface area contributed by atoms with E-state index in [1.807, 2.05) is 0 Å². The van der Waals surface area contributed by atoms with Crippen molar-refractivity contribution < 1.29 is 22.4 Å². The third-order valence-electron chi connectivity index (χ3n) is 3.13. The Labute approximate surface area is 153 Å². The molecule has 2 N–H and O–H groups in total. The molecule has 0 unspecified atom stereocenters. The van der Waals surface area contributed by atoms with Crippen molar-refractivity contribution >= 4 is 50.4 Å². The molecule has 1 aliphatic heterocycles. The minimum Gasteiger partial charge on any atom is -0.465 e. The molecule has 8 nitrogen and oxygen atoms in total. The quantitative estimate of drug-likeness (QED) is 0.825. The van der Waals surface area contributed by atoms with Gasteiger partial charge in [-0.1, -0.05) is 0 Å². The first-order chi connectivity index (χ1) is 12.3. The Hall–Kier alpha value is -2.85. The zero-order chi connectivity index (χ0) is 18.7. The van der Waals surface area contributed by atoms with Crippen LogP contribution in [0.25, 0.3) is 6.08 Å². The molecule has 1 fully saturated rings. The minimum atomic E-state index is -4.06. The predicted molar refractivity (Wildman–Crippen MR) is 97.8 cm³/mol. The highest BCUT2D eigenvalue weighted by Crippen LogP contribution is 2.27. The Morgan fingerprint density at radius 2 is 2.00 bits per heavy atom. The lowest BCUT2D eigenvalue weighted by atomic mass is 10.3. The van der Waals surface area contributed by atoms with Gasteiger partial charge < -0.3 is 15.1 Å². The van der Waals surface area contributed by atoms with Gasteiger partial charge in [-0.3, -0.25) is 9.59 Å². The molecule has 134 valence electrons. The number of benzene rings is 1. The van der Waals surface area contributed by atoms with E-state index in [9.17, 15) is 18.0 Å². The maximum Gasteiger partial charge on any atom is 0.283 e. The van der Waals surface area contributed by atoms with Crippen LogP contribution >= 0.6 is 11.8 Å². The van der Waals surface area contributed by atoms with Gasteiger partial charge in [0.1, 0.15) is 5.76 Å². The lowest BCUT2D eigenvalue weighted by Gasteiger charge is -2.03. The highest BCUT2D eigenvalue weighted by atomic mass is 32.2. The van der Waals surface area contributed by atoms with Crippen molar-refractivity contribution in [3.8, 4) is 0 Å². The van der Waals surface area contributed by atoms with E-state index in [1.54, 1.807) is 18.2 Å². The summed E-state index contributed by atoms with van der Waals surface area (Å²) in [6.07, 6.45) is 3.05. The molecule has 10 heteroatoms. The van der Waals surface area contributed by atoms with Gasteiger partial charge in [-0.25, -0.2) is 0 Å². The highest BCUT2D eigenvalue weighted by Gasteiger charge is 2.27. The molecule has 0 radical (unpaired) electrons. The summed E-state index contributed by atoms with van der Waals surface area (Å²) in [5.41, 5.74) is 0.459. The molecule has 0 spiro atoms. The second-order valence-corrected chi connectivity index (χ2v) is 7.79. The molecule has 2 amide bonds. The summed E-state index contributed by atoms with van der Waals surface area (Å²) in [6.45, 7) is 1.35. The van der Waals surface area contributed by atoms with Crippen LogP contribution in [0.4, 0.5) is 5.69 Å². The molecule has 1 aromatic heterocycles. The number of hydrogen-bond acceptors (Lipinski definition) is 6. The molecule has 2 aromatic rings. The molecule has 0 bridgehead atoms. The van der Waals surface area contributed by atoms with Crippen LogP contribution in [0.5, 0.6) is 0 Å². The van der Waals surface area contributed by atoms with Crippen LogP contribution < -0.4 is 10.6 Å². The molecule has 26 heavy (non-hydrogen) atoms. The molecule has 1 aromatic carbocycles. The third-order valence-corrected chi connectivity index (χ3v) is 5.45. The number of carbonyl (C=O) groups is 2. The number of amides is 2. The van der Waals surface area contributed by atoms with Crippen molar-refractivity contribution in [2.75, 3.05) is 5.32 Å². The Balaban J connectivity index is 1.81. The van der Waals surface area contributed by atoms with Crippen molar-refractivity contribution in [1.82, 2.24) is 5.32 Å². The highest BCUT2D eigenvalue weighted by molar-refractivity contribution is 8.20. The Morgan fingerprint density at radius 3 is 2.62 bits per heavy atom. The molecule has 3 rings (SSSR count). The Morgan fingerprint density at radius 1 is 1.27 bits per heavy atom. The summed E-state index contributed by atoms with van der Waals surface area (Å²) in [5, 5.41) is 5.30. The van der Waals surface area contributed by atoms with Crippen LogP contribution in [0.1, 0.15) is 12.7 Å². The van der Waals surface area contributed by atoms with Crippen LogP contribution in [-0.2, 0) is 19.6 Å². The maximum absolute atomic E-state index is 12.4. The van der Waals surface area contributed by atoms with Gasteiger partial charge in [0.25, 0.3) is 15.9 Å². The topological polar surface area (TPSA) is 118 Å². The zero-order valence-electron chi connectivity index (χ0n) is 13.4. The van der Waals surface area contributed by atoms with E-state index >= 15 is 0 Å². The molecule has 1 aliphatic rings. The predicted octanol–water partition coefficient (Wildman–Crippen LogP) is 2.19. The first kappa shape index (κ1) is 18.0. The van der Waals surface area contributed by atoms with Gasteiger partial charge in [0.05, 0.1) is 16.2 Å². The molecular formula is C16H13N3O5S2. The summed E-state index contributed by atoms with van der Waals surface area (Å²) >= 11 is 0.904. The van der Waals surface area contributed by atoms with Crippen LogP contribution in [0.15, 0.2) is 61.4 Å². The van der Waals surface area contributed by atoms with Crippen molar-refractivity contribution in [3.63, 3.8) is 0 Å². The number of furan rings is 1. The van der Waals surface area contributed by atoms with Crippen molar-refractivity contribution in [2.45, 2.75) is 11.8 Å². The second kappa shape index (κ2) is 7.18. The van der Waals surface area contributed by atoms with E-state index < -0.39 is 15.9 Å². The summed E-state index contributed by atoms with van der Waals surface area (Å²) in [6, 6.07) is 8.89. The number of sulfonamides is 1. The van der Waals surface area contributed by atoms with Gasteiger partial charge >= 0.3 is 0 Å². The van der Waals surface area contributed by atoms with E-state index in [-0.39, 0.29) is 15.8 Å². The van der Waals surface area contributed by atoms with Gasteiger partial charge in [0.15, 0.2) is 5.04 Å². The SMILES string of the molecule is CC(=O)Nc1ccc(S(=O)(=O)/N=C2/S/C(=C/c3ccco3)NC2=O)cc1. The normalized spacial score (nSPS) is 17.5. The van der Waals surface area contributed by atoms with Gasteiger partial charge in [-0.15, -0.1) is 4.40 Å². The van der Waals surface area contributed by atoms with Crippen LogP contribution in [-0.4, -0.2) is 25.3 Å². The van der Waals surface area contributed by atoms with Crippen molar-refractivity contribution in [2.24, 2.45) is 4.40 Å². The average Bonchev–Trinajstić information content (AvgIpc) is 3.18. The molecule has 2 heterocycles. The van der Waals surface area contributed by atoms with Gasteiger partial charge in [-0.2, -0.15) is 8.42 Å². The number of carbonyl (C=O) groups excluding carboxylic acids is 2. The molecule has 1 saturated heterocycles. The van der Waals surface area contributed by atoms with Crippen molar-refractivity contribution in [1.29, 1.82) is 0 Å². The number of thioether (sulfide) groups is 1. The zero-order valence-corrected chi connectivity index (χ0v) is 15.1. The number of hydrogen-bond donors (Lipinski definition) is 2.